The standard InChI is InChI=1S/C11H16N4O3/c16-8-5-15(6-9(8)17)10(18)7-4-14-3-1-2-12-11(14)13-7/h4,8-9,16-17H,1-3,5-6H2,(H,12,13). The van der Waals surface area contributed by atoms with Gasteiger partial charge in [-0.15, -0.1) is 0 Å². The van der Waals surface area contributed by atoms with Crippen LogP contribution in [-0.4, -0.2) is 62.4 Å². The molecule has 1 saturated heterocycles. The lowest BCUT2D eigenvalue weighted by molar-refractivity contribution is 0.0572. The second kappa shape index (κ2) is 4.25. The zero-order valence-corrected chi connectivity index (χ0v) is 9.91. The van der Waals surface area contributed by atoms with E-state index < -0.39 is 12.2 Å². The van der Waals surface area contributed by atoms with Crippen molar-refractivity contribution in [3.63, 3.8) is 0 Å². The fourth-order valence-electron chi connectivity index (χ4n) is 2.38. The van der Waals surface area contributed by atoms with Gasteiger partial charge in [0, 0.05) is 32.4 Å². The van der Waals surface area contributed by atoms with Crippen molar-refractivity contribution in [1.82, 2.24) is 14.5 Å². The monoisotopic (exact) mass is 252 g/mol. The zero-order chi connectivity index (χ0) is 12.7. The van der Waals surface area contributed by atoms with Crippen LogP contribution in [0.1, 0.15) is 16.9 Å². The minimum Gasteiger partial charge on any atom is -0.388 e. The first-order valence-electron chi connectivity index (χ1n) is 6.11. The van der Waals surface area contributed by atoms with Crippen LogP contribution in [0.15, 0.2) is 6.20 Å². The van der Waals surface area contributed by atoms with Crippen molar-refractivity contribution in [2.45, 2.75) is 25.2 Å². The van der Waals surface area contributed by atoms with E-state index >= 15 is 0 Å². The van der Waals surface area contributed by atoms with Gasteiger partial charge in [0.1, 0.15) is 5.69 Å². The first-order valence-corrected chi connectivity index (χ1v) is 6.11. The van der Waals surface area contributed by atoms with E-state index in [9.17, 15) is 15.0 Å². The Morgan fingerprint density at radius 1 is 1.39 bits per heavy atom. The number of aryl methyl sites for hydroxylation is 1. The van der Waals surface area contributed by atoms with E-state index in [2.05, 4.69) is 10.3 Å². The van der Waals surface area contributed by atoms with E-state index in [0.717, 1.165) is 19.5 Å². The lowest BCUT2D eigenvalue weighted by Crippen LogP contribution is -2.30. The minimum absolute atomic E-state index is 0.162. The summed E-state index contributed by atoms with van der Waals surface area (Å²) in [7, 11) is 0. The Kier molecular flexibility index (Phi) is 2.71. The van der Waals surface area contributed by atoms with Gasteiger partial charge < -0.3 is 25.0 Å². The number of fused-ring (bicyclic) bond motifs is 1. The fraction of sp³-hybridized carbons (Fsp3) is 0.636. The molecule has 0 spiro atoms. The smallest absolute Gasteiger partial charge is 0.274 e. The summed E-state index contributed by atoms with van der Waals surface area (Å²) in [5, 5.41) is 22.0. The van der Waals surface area contributed by atoms with Crippen LogP contribution in [0.3, 0.4) is 0 Å². The molecule has 0 aromatic carbocycles. The lowest BCUT2D eigenvalue weighted by atomic mass is 10.3. The number of β-amino-alcohol motifs (C(OH)–C–C–N with tert-alkyl or cyclic N) is 2. The van der Waals surface area contributed by atoms with Crippen molar-refractivity contribution in [3.05, 3.63) is 11.9 Å². The number of amides is 1. The van der Waals surface area contributed by atoms with Gasteiger partial charge in [0.05, 0.1) is 12.2 Å². The molecule has 0 saturated carbocycles. The number of rotatable bonds is 1. The first-order chi connectivity index (χ1) is 8.65. The first kappa shape index (κ1) is 11.5. The number of aromatic nitrogens is 2. The topological polar surface area (TPSA) is 90.6 Å². The van der Waals surface area contributed by atoms with Crippen molar-refractivity contribution in [1.29, 1.82) is 0 Å². The molecule has 1 aromatic heterocycles. The maximum atomic E-state index is 12.2. The van der Waals surface area contributed by atoms with Crippen molar-refractivity contribution in [2.24, 2.45) is 0 Å². The molecule has 2 aliphatic heterocycles. The summed E-state index contributed by atoms with van der Waals surface area (Å²) in [6.45, 7) is 2.05. The number of imidazole rings is 1. The summed E-state index contributed by atoms with van der Waals surface area (Å²) in [6, 6.07) is 0. The molecule has 0 aliphatic carbocycles. The number of carbonyl (C=O) groups is 1. The van der Waals surface area contributed by atoms with E-state index in [0.29, 0.717) is 11.6 Å². The Labute approximate surface area is 104 Å². The highest BCUT2D eigenvalue weighted by Crippen LogP contribution is 2.18. The Morgan fingerprint density at radius 2 is 2.11 bits per heavy atom. The van der Waals surface area contributed by atoms with Gasteiger partial charge in [-0.3, -0.25) is 4.79 Å². The number of hydrogen-bond donors (Lipinski definition) is 3. The normalized spacial score (nSPS) is 26.9. The van der Waals surface area contributed by atoms with E-state index in [1.807, 2.05) is 4.57 Å². The third kappa shape index (κ3) is 1.85. The van der Waals surface area contributed by atoms with Crippen LogP contribution in [0.25, 0.3) is 0 Å². The molecule has 7 nitrogen and oxygen atoms in total. The molecule has 1 aromatic rings. The van der Waals surface area contributed by atoms with Crippen molar-refractivity contribution in [3.8, 4) is 0 Å². The van der Waals surface area contributed by atoms with E-state index in [-0.39, 0.29) is 19.0 Å². The summed E-state index contributed by atoms with van der Waals surface area (Å²) >= 11 is 0. The Morgan fingerprint density at radius 3 is 2.78 bits per heavy atom. The molecule has 7 heteroatoms. The van der Waals surface area contributed by atoms with Crippen LogP contribution in [0, 0.1) is 0 Å². The number of anilines is 1. The molecule has 3 heterocycles. The van der Waals surface area contributed by atoms with Gasteiger partial charge in [-0.05, 0) is 6.42 Å². The quantitative estimate of drug-likeness (QED) is 0.589. The van der Waals surface area contributed by atoms with Gasteiger partial charge >= 0.3 is 0 Å². The predicted octanol–water partition coefficient (Wildman–Crippen LogP) is -1.12. The van der Waals surface area contributed by atoms with Crippen LogP contribution < -0.4 is 5.32 Å². The number of aliphatic hydroxyl groups excluding tert-OH is 2. The molecule has 1 fully saturated rings. The summed E-state index contributed by atoms with van der Waals surface area (Å²) in [5.41, 5.74) is 0.362. The van der Waals surface area contributed by atoms with E-state index in [4.69, 9.17) is 0 Å². The largest absolute Gasteiger partial charge is 0.388 e. The van der Waals surface area contributed by atoms with Gasteiger partial charge in [-0.2, -0.15) is 0 Å². The minimum atomic E-state index is -0.857. The van der Waals surface area contributed by atoms with Crippen LogP contribution in [-0.2, 0) is 6.54 Å². The second-order valence-corrected chi connectivity index (χ2v) is 4.77. The highest BCUT2D eigenvalue weighted by molar-refractivity contribution is 5.93. The number of nitrogens with one attached hydrogen (secondary N) is 1. The number of likely N-dealkylation sites (tertiary alicyclic amines) is 1. The fourth-order valence-corrected chi connectivity index (χ4v) is 2.38. The Balaban J connectivity index is 1.78. The lowest BCUT2D eigenvalue weighted by Gasteiger charge is -2.14. The average molecular weight is 252 g/mol. The summed E-state index contributed by atoms with van der Waals surface area (Å²) in [4.78, 5) is 17.8. The number of aliphatic hydroxyl groups is 2. The molecule has 2 atom stereocenters. The number of carbonyl (C=O) groups excluding carboxylic acids is 1. The molecular weight excluding hydrogens is 236 g/mol. The third-order valence-corrected chi connectivity index (χ3v) is 3.40. The Bertz CT molecular complexity index is 439. The molecule has 18 heavy (non-hydrogen) atoms. The maximum absolute atomic E-state index is 12.2. The summed E-state index contributed by atoms with van der Waals surface area (Å²) in [6.07, 6.45) is 1.02. The summed E-state index contributed by atoms with van der Waals surface area (Å²) < 4.78 is 1.92. The highest BCUT2D eigenvalue weighted by Gasteiger charge is 2.34. The predicted molar refractivity (Wildman–Crippen MR) is 63.3 cm³/mol. The molecule has 2 aliphatic rings. The molecule has 3 N–H and O–H groups in total. The molecule has 0 radical (unpaired) electrons. The van der Waals surface area contributed by atoms with Crippen LogP contribution >= 0.6 is 0 Å². The number of nitrogens with zero attached hydrogens (tertiary/aromatic N) is 3. The van der Waals surface area contributed by atoms with Gasteiger partial charge in [-0.25, -0.2) is 4.98 Å². The third-order valence-electron chi connectivity index (χ3n) is 3.40. The Hall–Kier alpha value is -1.60. The van der Waals surface area contributed by atoms with Gasteiger partial charge in [-0.1, -0.05) is 0 Å². The van der Waals surface area contributed by atoms with Gasteiger partial charge in [0.25, 0.3) is 5.91 Å². The average Bonchev–Trinajstić information content (AvgIpc) is 2.93. The van der Waals surface area contributed by atoms with Gasteiger partial charge in [0.2, 0.25) is 5.95 Å². The molecule has 2 unspecified atom stereocenters. The van der Waals surface area contributed by atoms with Crippen molar-refractivity contribution >= 4 is 11.9 Å². The van der Waals surface area contributed by atoms with Crippen molar-refractivity contribution in [2.75, 3.05) is 25.0 Å². The molecule has 0 bridgehead atoms. The van der Waals surface area contributed by atoms with E-state index in [1.54, 1.807) is 6.20 Å². The molecule has 3 rings (SSSR count). The van der Waals surface area contributed by atoms with Crippen LogP contribution in [0.5, 0.6) is 0 Å². The maximum Gasteiger partial charge on any atom is 0.274 e. The highest BCUT2D eigenvalue weighted by atomic mass is 16.3. The molecule has 1 amide bonds. The van der Waals surface area contributed by atoms with E-state index in [1.165, 1.54) is 4.90 Å². The summed E-state index contributed by atoms with van der Waals surface area (Å²) in [5.74, 6) is 0.471. The molecular formula is C11H16N4O3. The van der Waals surface area contributed by atoms with Crippen molar-refractivity contribution < 1.29 is 15.0 Å². The second-order valence-electron chi connectivity index (χ2n) is 4.77. The molecule has 98 valence electrons. The van der Waals surface area contributed by atoms with Crippen LogP contribution in [0.4, 0.5) is 5.95 Å². The zero-order valence-electron chi connectivity index (χ0n) is 9.91. The SMILES string of the molecule is O=C(c1cn2c(n1)NCCC2)N1CC(O)C(O)C1. The van der Waals surface area contributed by atoms with Crippen LogP contribution in [0.2, 0.25) is 0 Å². The van der Waals surface area contributed by atoms with Gasteiger partial charge in [0.15, 0.2) is 0 Å². The number of hydrogen-bond acceptors (Lipinski definition) is 5.